The Balaban J connectivity index is 1.46. The number of amides is 2. The van der Waals surface area contributed by atoms with Crippen LogP contribution in [0.3, 0.4) is 0 Å². The van der Waals surface area contributed by atoms with E-state index in [0.717, 1.165) is 29.3 Å². The number of carbonyl (C=O) groups is 1. The molecule has 3 rings (SSSR count). The molecule has 2 aromatic carbocycles. The van der Waals surface area contributed by atoms with Crippen LogP contribution in [0, 0.1) is 0 Å². The van der Waals surface area contributed by atoms with E-state index in [9.17, 15) is 4.79 Å². The van der Waals surface area contributed by atoms with Crippen molar-refractivity contribution in [2.75, 3.05) is 45.3 Å². The number of urea groups is 1. The van der Waals surface area contributed by atoms with Gasteiger partial charge in [0.25, 0.3) is 0 Å². The third-order valence-electron chi connectivity index (χ3n) is 4.29. The standard InChI is InChI=1S/C20H25N3O3/c1-22(17-6-4-3-5-7-17)11-10-21-20(24)23(2)15-16-8-9-18-19(14-16)26-13-12-25-18/h3-9,14H,10-13,15H2,1-2H3,(H,21,24). The van der Waals surface area contributed by atoms with Gasteiger partial charge in [-0.3, -0.25) is 0 Å². The molecule has 0 bridgehead atoms. The summed E-state index contributed by atoms with van der Waals surface area (Å²) in [5.74, 6) is 1.50. The molecule has 6 heteroatoms. The number of nitrogens with one attached hydrogen (secondary N) is 1. The van der Waals surface area contributed by atoms with Gasteiger partial charge in [0.2, 0.25) is 0 Å². The molecule has 0 aromatic heterocycles. The lowest BCUT2D eigenvalue weighted by Crippen LogP contribution is -2.40. The van der Waals surface area contributed by atoms with Crippen LogP contribution in [0.5, 0.6) is 11.5 Å². The lowest BCUT2D eigenvalue weighted by molar-refractivity contribution is 0.171. The smallest absolute Gasteiger partial charge is 0.317 e. The summed E-state index contributed by atoms with van der Waals surface area (Å²) in [6, 6.07) is 15.8. The maximum Gasteiger partial charge on any atom is 0.317 e. The Morgan fingerprint density at radius 3 is 2.54 bits per heavy atom. The quantitative estimate of drug-likeness (QED) is 0.866. The number of carbonyl (C=O) groups excluding carboxylic acids is 1. The average molecular weight is 355 g/mol. The molecule has 0 saturated heterocycles. The molecule has 138 valence electrons. The van der Waals surface area contributed by atoms with Gasteiger partial charge in [0, 0.05) is 39.4 Å². The highest BCUT2D eigenvalue weighted by atomic mass is 16.6. The number of anilines is 1. The third kappa shape index (κ3) is 4.59. The number of fused-ring (bicyclic) bond motifs is 1. The van der Waals surface area contributed by atoms with Crippen LogP contribution < -0.4 is 19.7 Å². The molecule has 0 aliphatic carbocycles. The largest absolute Gasteiger partial charge is 0.486 e. The van der Waals surface area contributed by atoms with Crippen LogP contribution in [0.1, 0.15) is 5.56 Å². The first-order valence-electron chi connectivity index (χ1n) is 8.77. The van der Waals surface area contributed by atoms with E-state index < -0.39 is 0 Å². The van der Waals surface area contributed by atoms with E-state index in [4.69, 9.17) is 9.47 Å². The molecule has 26 heavy (non-hydrogen) atoms. The van der Waals surface area contributed by atoms with Crippen LogP contribution in [0.15, 0.2) is 48.5 Å². The zero-order valence-corrected chi connectivity index (χ0v) is 15.3. The van der Waals surface area contributed by atoms with Crippen LogP contribution in [0.4, 0.5) is 10.5 Å². The zero-order chi connectivity index (χ0) is 18.4. The fourth-order valence-electron chi connectivity index (χ4n) is 2.81. The molecule has 0 fully saturated rings. The minimum Gasteiger partial charge on any atom is -0.486 e. The fraction of sp³-hybridized carbons (Fsp3) is 0.350. The molecular formula is C20H25N3O3. The van der Waals surface area contributed by atoms with Crippen LogP contribution in [-0.2, 0) is 6.54 Å². The number of ether oxygens (including phenoxy) is 2. The zero-order valence-electron chi connectivity index (χ0n) is 15.3. The Kier molecular flexibility index (Phi) is 5.84. The molecule has 6 nitrogen and oxygen atoms in total. The summed E-state index contributed by atoms with van der Waals surface area (Å²) in [7, 11) is 3.80. The maximum atomic E-state index is 12.3. The number of hydrogen-bond donors (Lipinski definition) is 1. The van der Waals surface area contributed by atoms with E-state index in [1.165, 1.54) is 0 Å². The number of hydrogen-bond acceptors (Lipinski definition) is 4. The van der Waals surface area contributed by atoms with Gasteiger partial charge in [-0.2, -0.15) is 0 Å². The number of likely N-dealkylation sites (N-methyl/N-ethyl adjacent to an activating group) is 1. The molecule has 2 aromatic rings. The van der Waals surface area contributed by atoms with E-state index >= 15 is 0 Å². The Hall–Kier alpha value is -2.89. The second-order valence-corrected chi connectivity index (χ2v) is 6.32. The lowest BCUT2D eigenvalue weighted by atomic mass is 10.2. The van der Waals surface area contributed by atoms with Crippen molar-refractivity contribution in [2.45, 2.75) is 6.54 Å². The third-order valence-corrected chi connectivity index (χ3v) is 4.29. The molecular weight excluding hydrogens is 330 g/mol. The first kappa shape index (κ1) is 17.9. The summed E-state index contributed by atoms with van der Waals surface area (Å²) in [5.41, 5.74) is 2.14. The van der Waals surface area contributed by atoms with Crippen LogP contribution in [-0.4, -0.2) is 51.3 Å². The van der Waals surface area contributed by atoms with Crippen LogP contribution in [0.2, 0.25) is 0 Å². The van der Waals surface area contributed by atoms with E-state index in [2.05, 4.69) is 22.3 Å². The molecule has 0 radical (unpaired) electrons. The first-order chi connectivity index (χ1) is 12.6. The van der Waals surface area contributed by atoms with Crippen molar-refractivity contribution in [3.8, 4) is 11.5 Å². The van der Waals surface area contributed by atoms with Gasteiger partial charge < -0.3 is 24.6 Å². The number of rotatable bonds is 6. The van der Waals surface area contributed by atoms with Crippen molar-refractivity contribution in [1.29, 1.82) is 0 Å². The Morgan fingerprint density at radius 1 is 1.04 bits per heavy atom. The van der Waals surface area contributed by atoms with Crippen molar-refractivity contribution in [1.82, 2.24) is 10.2 Å². The van der Waals surface area contributed by atoms with Gasteiger partial charge in [0.05, 0.1) is 0 Å². The van der Waals surface area contributed by atoms with Gasteiger partial charge in [-0.1, -0.05) is 24.3 Å². The second kappa shape index (κ2) is 8.47. The molecule has 2 amide bonds. The topological polar surface area (TPSA) is 54.0 Å². The van der Waals surface area contributed by atoms with Gasteiger partial charge in [0.1, 0.15) is 13.2 Å². The summed E-state index contributed by atoms with van der Waals surface area (Å²) in [5, 5.41) is 2.96. The van der Waals surface area contributed by atoms with E-state index in [0.29, 0.717) is 26.3 Å². The fourth-order valence-corrected chi connectivity index (χ4v) is 2.81. The molecule has 0 saturated carbocycles. The SMILES string of the molecule is CN(Cc1ccc2c(c1)OCCO2)C(=O)NCCN(C)c1ccccc1. The molecule has 1 heterocycles. The molecule has 1 N–H and O–H groups in total. The highest BCUT2D eigenvalue weighted by molar-refractivity contribution is 5.73. The predicted octanol–water partition coefficient (Wildman–Crippen LogP) is 2.74. The van der Waals surface area contributed by atoms with Crippen molar-refractivity contribution in [3.63, 3.8) is 0 Å². The maximum absolute atomic E-state index is 12.3. The number of nitrogens with zero attached hydrogens (tertiary/aromatic N) is 2. The Labute approximate surface area is 154 Å². The Morgan fingerprint density at radius 2 is 1.77 bits per heavy atom. The van der Waals surface area contributed by atoms with Crippen molar-refractivity contribution >= 4 is 11.7 Å². The van der Waals surface area contributed by atoms with E-state index in [1.54, 1.807) is 11.9 Å². The molecule has 1 aliphatic heterocycles. The van der Waals surface area contributed by atoms with Crippen LogP contribution >= 0.6 is 0 Å². The van der Waals surface area contributed by atoms with Gasteiger partial charge in [-0.05, 0) is 29.8 Å². The summed E-state index contributed by atoms with van der Waals surface area (Å²) in [6.07, 6.45) is 0. The second-order valence-electron chi connectivity index (χ2n) is 6.32. The minimum absolute atomic E-state index is 0.0960. The lowest BCUT2D eigenvalue weighted by Gasteiger charge is -2.23. The normalized spacial score (nSPS) is 12.4. The number of para-hydroxylation sites is 1. The molecule has 0 spiro atoms. The van der Waals surface area contributed by atoms with Crippen LogP contribution in [0.25, 0.3) is 0 Å². The van der Waals surface area contributed by atoms with Crippen molar-refractivity contribution < 1.29 is 14.3 Å². The van der Waals surface area contributed by atoms with Gasteiger partial charge in [-0.25, -0.2) is 4.79 Å². The highest BCUT2D eigenvalue weighted by Gasteiger charge is 2.14. The summed E-state index contributed by atoms with van der Waals surface area (Å²) in [4.78, 5) is 16.1. The molecule has 0 unspecified atom stereocenters. The highest BCUT2D eigenvalue weighted by Crippen LogP contribution is 2.31. The van der Waals surface area contributed by atoms with E-state index in [-0.39, 0.29) is 6.03 Å². The van der Waals surface area contributed by atoms with E-state index in [1.807, 2.05) is 43.4 Å². The summed E-state index contributed by atoms with van der Waals surface area (Å²) >= 11 is 0. The van der Waals surface area contributed by atoms with Crippen molar-refractivity contribution in [3.05, 3.63) is 54.1 Å². The molecule has 1 aliphatic rings. The predicted molar refractivity (Wildman–Crippen MR) is 102 cm³/mol. The van der Waals surface area contributed by atoms with Gasteiger partial charge >= 0.3 is 6.03 Å². The molecule has 0 atom stereocenters. The van der Waals surface area contributed by atoms with Gasteiger partial charge in [0.15, 0.2) is 11.5 Å². The monoisotopic (exact) mass is 355 g/mol. The first-order valence-corrected chi connectivity index (χ1v) is 8.77. The number of benzene rings is 2. The Bertz CT molecular complexity index is 736. The van der Waals surface area contributed by atoms with Crippen molar-refractivity contribution in [2.24, 2.45) is 0 Å². The van der Waals surface area contributed by atoms with Gasteiger partial charge in [-0.15, -0.1) is 0 Å². The minimum atomic E-state index is -0.0960. The summed E-state index contributed by atoms with van der Waals surface area (Å²) < 4.78 is 11.1. The average Bonchev–Trinajstić information content (AvgIpc) is 2.68. The summed E-state index contributed by atoms with van der Waals surface area (Å²) in [6.45, 7) is 2.97.